The van der Waals surface area contributed by atoms with Crippen LogP contribution in [0.1, 0.15) is 28.4 Å². The average Bonchev–Trinajstić information content (AvgIpc) is 3.30. The van der Waals surface area contributed by atoms with Crippen LogP contribution in [0.4, 0.5) is 0 Å². The Bertz CT molecular complexity index is 1460. The van der Waals surface area contributed by atoms with Crippen molar-refractivity contribution < 1.29 is 28.6 Å². The molecule has 200 valence electrons. The van der Waals surface area contributed by atoms with Crippen molar-refractivity contribution in [3.8, 4) is 22.3 Å². The Balaban J connectivity index is 1.39. The first-order chi connectivity index (χ1) is 19.6. The summed E-state index contributed by atoms with van der Waals surface area (Å²) in [6.45, 7) is 4.86. The van der Waals surface area contributed by atoms with Crippen LogP contribution in [-0.4, -0.2) is 31.1 Å². The Labute approximate surface area is 232 Å². The summed E-state index contributed by atoms with van der Waals surface area (Å²) in [4.78, 5) is 36.0. The lowest BCUT2D eigenvalue weighted by molar-refractivity contribution is -0.137. The van der Waals surface area contributed by atoms with Crippen LogP contribution in [0.2, 0.25) is 0 Å². The summed E-state index contributed by atoms with van der Waals surface area (Å²) < 4.78 is 16.8. The molecule has 0 radical (unpaired) electrons. The first kappa shape index (κ1) is 26.6. The molecular weight excluding hydrogens is 504 g/mol. The second kappa shape index (κ2) is 12.3. The summed E-state index contributed by atoms with van der Waals surface area (Å²) in [5.74, 6) is -1.15. The summed E-state index contributed by atoms with van der Waals surface area (Å²) in [7, 11) is 0. The largest absolute Gasteiger partial charge is 0.460 e. The zero-order valence-corrected chi connectivity index (χ0v) is 21.7. The van der Waals surface area contributed by atoms with E-state index in [4.69, 9.17) is 14.2 Å². The minimum absolute atomic E-state index is 0.205. The van der Waals surface area contributed by atoms with E-state index in [0.717, 1.165) is 22.3 Å². The number of esters is 1. The monoisotopic (exact) mass is 532 g/mol. The lowest BCUT2D eigenvalue weighted by atomic mass is 9.89. The molecule has 0 saturated heterocycles. The van der Waals surface area contributed by atoms with Crippen molar-refractivity contribution in [3.05, 3.63) is 132 Å². The SMILES string of the molecule is C=C1[C@H](OC=O)C[C@H](OC(=O)c2ccc(-c3ccccc3)cc2)[C@@H]1C(OC=O)c1ccc(-c2ccccc2)cc1. The highest BCUT2D eigenvalue weighted by molar-refractivity contribution is 5.90. The molecule has 0 amide bonds. The molecule has 4 atom stereocenters. The van der Waals surface area contributed by atoms with Gasteiger partial charge in [0.25, 0.3) is 12.9 Å². The van der Waals surface area contributed by atoms with Crippen molar-refractivity contribution in [1.29, 1.82) is 0 Å². The lowest BCUT2D eigenvalue weighted by Gasteiger charge is -2.28. The van der Waals surface area contributed by atoms with Gasteiger partial charge >= 0.3 is 5.97 Å². The van der Waals surface area contributed by atoms with Crippen molar-refractivity contribution in [1.82, 2.24) is 0 Å². The van der Waals surface area contributed by atoms with Gasteiger partial charge in [-0.3, -0.25) is 9.59 Å². The van der Waals surface area contributed by atoms with Gasteiger partial charge in [-0.1, -0.05) is 104 Å². The van der Waals surface area contributed by atoms with Crippen LogP contribution in [0, 0.1) is 5.92 Å². The van der Waals surface area contributed by atoms with E-state index in [1.54, 1.807) is 12.1 Å². The van der Waals surface area contributed by atoms with Crippen LogP contribution in [0.5, 0.6) is 0 Å². The first-order valence-corrected chi connectivity index (χ1v) is 13.0. The molecular formula is C34H28O6. The maximum atomic E-state index is 13.2. The zero-order chi connectivity index (χ0) is 27.9. The Morgan fingerprint density at radius 2 is 1.25 bits per heavy atom. The van der Waals surface area contributed by atoms with Gasteiger partial charge in [-0.05, 0) is 45.5 Å². The fourth-order valence-electron chi connectivity index (χ4n) is 5.24. The second-order valence-corrected chi connectivity index (χ2v) is 9.59. The first-order valence-electron chi connectivity index (χ1n) is 13.0. The lowest BCUT2D eigenvalue weighted by Crippen LogP contribution is -2.29. The molecule has 5 rings (SSSR count). The summed E-state index contributed by atoms with van der Waals surface area (Å²) in [5.41, 5.74) is 5.67. The number of benzene rings is 4. The Kier molecular flexibility index (Phi) is 8.16. The Morgan fingerprint density at radius 3 is 1.77 bits per heavy atom. The van der Waals surface area contributed by atoms with E-state index < -0.39 is 30.2 Å². The molecule has 0 heterocycles. The van der Waals surface area contributed by atoms with Gasteiger partial charge in [-0.2, -0.15) is 0 Å². The van der Waals surface area contributed by atoms with Gasteiger partial charge in [-0.15, -0.1) is 0 Å². The van der Waals surface area contributed by atoms with E-state index in [1.165, 1.54) is 0 Å². The van der Waals surface area contributed by atoms with Gasteiger partial charge in [-0.25, -0.2) is 4.79 Å². The van der Waals surface area contributed by atoms with Crippen molar-refractivity contribution in [2.24, 2.45) is 5.92 Å². The van der Waals surface area contributed by atoms with E-state index in [1.807, 2.05) is 97.1 Å². The van der Waals surface area contributed by atoms with Crippen molar-refractivity contribution >= 4 is 18.9 Å². The van der Waals surface area contributed by atoms with E-state index in [9.17, 15) is 14.4 Å². The molecule has 0 bridgehead atoms. The predicted molar refractivity (Wildman–Crippen MR) is 151 cm³/mol. The fraction of sp³-hybridized carbons (Fsp3) is 0.147. The zero-order valence-electron chi connectivity index (χ0n) is 21.7. The molecule has 0 spiro atoms. The van der Waals surface area contributed by atoms with E-state index in [2.05, 4.69) is 6.58 Å². The molecule has 6 nitrogen and oxygen atoms in total. The molecule has 0 aromatic heterocycles. The number of hydrogen-bond donors (Lipinski definition) is 0. The molecule has 1 fully saturated rings. The van der Waals surface area contributed by atoms with Crippen LogP contribution < -0.4 is 0 Å². The Hall–Kier alpha value is -4.97. The molecule has 4 aromatic rings. The molecule has 6 heteroatoms. The van der Waals surface area contributed by atoms with Crippen molar-refractivity contribution in [2.45, 2.75) is 24.7 Å². The highest BCUT2D eigenvalue weighted by atomic mass is 16.6. The van der Waals surface area contributed by atoms with Gasteiger partial charge in [0, 0.05) is 6.42 Å². The number of carbonyl (C=O) groups excluding carboxylic acids is 3. The minimum atomic E-state index is -0.798. The molecule has 40 heavy (non-hydrogen) atoms. The smallest absolute Gasteiger partial charge is 0.338 e. The number of ether oxygens (including phenoxy) is 3. The van der Waals surface area contributed by atoms with E-state index in [0.29, 0.717) is 29.6 Å². The molecule has 1 unspecified atom stereocenters. The van der Waals surface area contributed by atoms with Gasteiger partial charge in [0.05, 0.1) is 11.5 Å². The third-order valence-corrected chi connectivity index (χ3v) is 7.27. The second-order valence-electron chi connectivity index (χ2n) is 9.59. The maximum Gasteiger partial charge on any atom is 0.338 e. The normalized spacial score (nSPS) is 18.9. The maximum absolute atomic E-state index is 13.2. The summed E-state index contributed by atoms with van der Waals surface area (Å²) in [5, 5.41) is 0. The Morgan fingerprint density at radius 1 is 0.725 bits per heavy atom. The highest BCUT2D eigenvalue weighted by Gasteiger charge is 2.47. The van der Waals surface area contributed by atoms with Crippen LogP contribution in [0.25, 0.3) is 22.3 Å². The van der Waals surface area contributed by atoms with Gasteiger partial charge in [0.15, 0.2) is 0 Å². The molecule has 0 aliphatic heterocycles. The van der Waals surface area contributed by atoms with Gasteiger partial charge < -0.3 is 14.2 Å². The van der Waals surface area contributed by atoms with Crippen LogP contribution in [0.3, 0.4) is 0 Å². The van der Waals surface area contributed by atoms with Crippen molar-refractivity contribution in [3.63, 3.8) is 0 Å². The molecule has 4 aromatic carbocycles. The molecule has 1 aliphatic rings. The standard InChI is InChI=1S/C34H28O6/c1-23-30(38-21-35)20-31(40-34(37)29-18-14-27(15-19-29)25-10-6-3-7-11-25)32(23)33(39-22-36)28-16-12-26(13-17-28)24-8-4-2-5-9-24/h2-19,21-22,30-33H,1,20H2/t30-,31+,32-,33?/m1/s1. The predicted octanol–water partition coefficient (Wildman–Crippen LogP) is 6.58. The van der Waals surface area contributed by atoms with Crippen LogP contribution in [0.15, 0.2) is 121 Å². The highest BCUT2D eigenvalue weighted by Crippen LogP contribution is 2.44. The molecule has 0 N–H and O–H groups in total. The van der Waals surface area contributed by atoms with Gasteiger partial charge in [0.1, 0.15) is 18.3 Å². The van der Waals surface area contributed by atoms with Crippen LogP contribution >= 0.6 is 0 Å². The molecule has 1 saturated carbocycles. The van der Waals surface area contributed by atoms with E-state index in [-0.39, 0.29) is 6.42 Å². The minimum Gasteiger partial charge on any atom is -0.460 e. The third-order valence-electron chi connectivity index (χ3n) is 7.27. The average molecular weight is 533 g/mol. The topological polar surface area (TPSA) is 78.9 Å². The number of rotatable bonds is 10. The van der Waals surface area contributed by atoms with Gasteiger partial charge in [0.2, 0.25) is 0 Å². The summed E-state index contributed by atoms with van der Waals surface area (Å²) >= 11 is 0. The fourth-order valence-corrected chi connectivity index (χ4v) is 5.24. The third kappa shape index (κ3) is 5.71. The summed E-state index contributed by atoms with van der Waals surface area (Å²) in [6, 6.07) is 34.5. The summed E-state index contributed by atoms with van der Waals surface area (Å²) in [6.07, 6.45) is -2.01. The number of carbonyl (C=O) groups is 3. The quantitative estimate of drug-likeness (QED) is 0.0994. The molecule has 1 aliphatic carbocycles. The number of hydrogen-bond acceptors (Lipinski definition) is 6. The van der Waals surface area contributed by atoms with Crippen LogP contribution in [-0.2, 0) is 23.8 Å². The van der Waals surface area contributed by atoms with E-state index >= 15 is 0 Å². The van der Waals surface area contributed by atoms with Crippen molar-refractivity contribution in [2.75, 3.05) is 0 Å².